The summed E-state index contributed by atoms with van der Waals surface area (Å²) in [4.78, 5) is 0. The minimum absolute atomic E-state index is 0.613. The van der Waals surface area contributed by atoms with Crippen LogP contribution in [-0.2, 0) is 4.74 Å². The van der Waals surface area contributed by atoms with Gasteiger partial charge in [-0.3, -0.25) is 0 Å². The smallest absolute Gasteiger partial charge is 0.119 e. The Morgan fingerprint density at radius 1 is 1.12 bits per heavy atom. The standard InChI is InChI=1S/C13H20INO2/c1-11(2)15-7-8-16-9-10-17-13-5-3-12(14)4-6-13/h3-6,11,15H,7-10H2,1-2H3/p+1. The third kappa shape index (κ3) is 7.57. The van der Waals surface area contributed by atoms with Crippen LogP contribution in [0, 0.1) is 3.57 Å². The Labute approximate surface area is 117 Å². The van der Waals surface area contributed by atoms with E-state index < -0.39 is 0 Å². The van der Waals surface area contributed by atoms with Crippen LogP contribution in [0.15, 0.2) is 24.3 Å². The SMILES string of the molecule is CC(C)[NH2+]CCOCCOc1ccc(I)cc1. The van der Waals surface area contributed by atoms with Crippen molar-refractivity contribution in [2.45, 2.75) is 19.9 Å². The molecule has 0 aliphatic rings. The molecule has 0 aliphatic carbocycles. The Balaban J connectivity index is 1.99. The van der Waals surface area contributed by atoms with Gasteiger partial charge in [0.25, 0.3) is 0 Å². The van der Waals surface area contributed by atoms with Crippen LogP contribution in [0.5, 0.6) is 5.75 Å². The van der Waals surface area contributed by atoms with Crippen LogP contribution in [0.25, 0.3) is 0 Å². The first-order valence-corrected chi connectivity index (χ1v) is 7.06. The van der Waals surface area contributed by atoms with E-state index in [2.05, 4.69) is 41.8 Å². The summed E-state index contributed by atoms with van der Waals surface area (Å²) in [5.74, 6) is 0.905. The number of hydrogen-bond acceptors (Lipinski definition) is 2. The number of hydrogen-bond donors (Lipinski definition) is 1. The van der Waals surface area contributed by atoms with Gasteiger partial charge >= 0.3 is 0 Å². The minimum Gasteiger partial charge on any atom is -0.491 e. The third-order valence-corrected chi connectivity index (χ3v) is 2.93. The Morgan fingerprint density at radius 3 is 2.47 bits per heavy atom. The van der Waals surface area contributed by atoms with Crippen LogP contribution in [0.2, 0.25) is 0 Å². The molecule has 0 atom stereocenters. The van der Waals surface area contributed by atoms with E-state index in [1.807, 2.05) is 24.3 Å². The highest BCUT2D eigenvalue weighted by atomic mass is 127. The van der Waals surface area contributed by atoms with Gasteiger partial charge in [0.1, 0.15) is 12.4 Å². The van der Waals surface area contributed by atoms with Gasteiger partial charge in [0.2, 0.25) is 0 Å². The van der Waals surface area contributed by atoms with Crippen LogP contribution in [-0.4, -0.2) is 32.4 Å². The number of benzene rings is 1. The van der Waals surface area contributed by atoms with Crippen LogP contribution >= 0.6 is 22.6 Å². The van der Waals surface area contributed by atoms with E-state index >= 15 is 0 Å². The normalized spacial score (nSPS) is 10.8. The van der Waals surface area contributed by atoms with Crippen molar-refractivity contribution in [1.29, 1.82) is 0 Å². The first-order chi connectivity index (χ1) is 8.18. The van der Waals surface area contributed by atoms with E-state index in [9.17, 15) is 0 Å². The van der Waals surface area contributed by atoms with Crippen molar-refractivity contribution in [1.82, 2.24) is 0 Å². The zero-order chi connectivity index (χ0) is 12.5. The molecule has 0 aliphatic heterocycles. The van der Waals surface area contributed by atoms with Gasteiger partial charge in [-0.25, -0.2) is 0 Å². The van der Waals surface area contributed by atoms with Gasteiger partial charge in [0.15, 0.2) is 0 Å². The molecule has 0 amide bonds. The van der Waals surface area contributed by atoms with Crippen molar-refractivity contribution in [2.24, 2.45) is 0 Å². The lowest BCUT2D eigenvalue weighted by Crippen LogP contribution is -2.89. The molecule has 0 bridgehead atoms. The summed E-state index contributed by atoms with van der Waals surface area (Å²) < 4.78 is 12.2. The Bertz CT molecular complexity index is 301. The Kier molecular flexibility index (Phi) is 7.55. The molecule has 0 radical (unpaired) electrons. The van der Waals surface area contributed by atoms with Crippen LogP contribution in [0.3, 0.4) is 0 Å². The van der Waals surface area contributed by atoms with Crippen LogP contribution < -0.4 is 10.1 Å². The topological polar surface area (TPSA) is 35.1 Å². The summed E-state index contributed by atoms with van der Waals surface area (Å²) in [7, 11) is 0. The minimum atomic E-state index is 0.613. The molecular weight excluding hydrogens is 329 g/mol. The van der Waals surface area contributed by atoms with Gasteiger partial charge in [-0.05, 0) is 60.7 Å². The molecule has 4 heteroatoms. The molecule has 0 aromatic heterocycles. The number of rotatable bonds is 8. The second-order valence-electron chi connectivity index (χ2n) is 4.18. The molecule has 0 fully saturated rings. The van der Waals surface area contributed by atoms with Crippen molar-refractivity contribution in [3.63, 3.8) is 0 Å². The van der Waals surface area contributed by atoms with Gasteiger partial charge in [-0.1, -0.05) is 0 Å². The van der Waals surface area contributed by atoms with Gasteiger partial charge in [-0.15, -0.1) is 0 Å². The van der Waals surface area contributed by atoms with Crippen molar-refractivity contribution in [3.05, 3.63) is 27.8 Å². The molecule has 1 aromatic carbocycles. The summed E-state index contributed by atoms with van der Waals surface area (Å²) in [6, 6.07) is 8.67. The molecule has 0 unspecified atom stereocenters. The molecule has 0 saturated heterocycles. The Hall–Kier alpha value is -0.330. The van der Waals surface area contributed by atoms with Crippen LogP contribution in [0.1, 0.15) is 13.8 Å². The van der Waals surface area contributed by atoms with E-state index in [1.54, 1.807) is 0 Å². The second kappa shape index (κ2) is 8.72. The van der Waals surface area contributed by atoms with Crippen molar-refractivity contribution >= 4 is 22.6 Å². The average Bonchev–Trinajstić information content (AvgIpc) is 2.30. The van der Waals surface area contributed by atoms with E-state index in [1.165, 1.54) is 3.57 Å². The summed E-state index contributed by atoms with van der Waals surface area (Å²) in [6.45, 7) is 7.43. The molecule has 3 nitrogen and oxygen atoms in total. The first kappa shape index (κ1) is 14.7. The van der Waals surface area contributed by atoms with Crippen molar-refractivity contribution < 1.29 is 14.8 Å². The van der Waals surface area contributed by atoms with E-state index in [0.717, 1.165) is 18.9 Å². The van der Waals surface area contributed by atoms with Gasteiger partial charge in [0.05, 0.1) is 25.8 Å². The summed E-state index contributed by atoms with van der Waals surface area (Å²) in [5.41, 5.74) is 0. The zero-order valence-corrected chi connectivity index (χ0v) is 12.6. The second-order valence-corrected chi connectivity index (χ2v) is 5.43. The van der Waals surface area contributed by atoms with Crippen molar-refractivity contribution in [3.8, 4) is 5.75 Å². The monoisotopic (exact) mass is 350 g/mol. The highest BCUT2D eigenvalue weighted by Gasteiger charge is 1.96. The molecule has 96 valence electrons. The number of quaternary nitrogens is 1. The molecular formula is C13H21INO2+. The quantitative estimate of drug-likeness (QED) is 0.572. The summed E-state index contributed by atoms with van der Waals surface area (Å²) in [5, 5.41) is 2.26. The molecule has 0 spiro atoms. The predicted octanol–water partition coefficient (Wildman–Crippen LogP) is 1.66. The van der Waals surface area contributed by atoms with Crippen LogP contribution in [0.4, 0.5) is 0 Å². The van der Waals surface area contributed by atoms with Gasteiger partial charge in [0, 0.05) is 3.57 Å². The zero-order valence-electron chi connectivity index (χ0n) is 10.5. The fraction of sp³-hybridized carbons (Fsp3) is 0.538. The lowest BCUT2D eigenvalue weighted by Gasteiger charge is -2.08. The molecule has 1 rings (SSSR count). The van der Waals surface area contributed by atoms with E-state index in [-0.39, 0.29) is 0 Å². The molecule has 17 heavy (non-hydrogen) atoms. The average molecular weight is 350 g/mol. The molecule has 2 N–H and O–H groups in total. The van der Waals surface area contributed by atoms with Crippen molar-refractivity contribution in [2.75, 3.05) is 26.4 Å². The third-order valence-electron chi connectivity index (χ3n) is 2.21. The Morgan fingerprint density at radius 2 is 1.82 bits per heavy atom. The number of halogens is 1. The highest BCUT2D eigenvalue weighted by Crippen LogP contribution is 2.12. The number of nitrogens with two attached hydrogens (primary N) is 1. The van der Waals surface area contributed by atoms with E-state index in [4.69, 9.17) is 9.47 Å². The van der Waals surface area contributed by atoms with Gasteiger partial charge < -0.3 is 14.8 Å². The number of ether oxygens (including phenoxy) is 2. The maximum atomic E-state index is 5.55. The highest BCUT2D eigenvalue weighted by molar-refractivity contribution is 14.1. The van der Waals surface area contributed by atoms with E-state index in [0.29, 0.717) is 19.3 Å². The largest absolute Gasteiger partial charge is 0.491 e. The molecule has 1 aromatic rings. The summed E-state index contributed by atoms with van der Waals surface area (Å²) in [6.07, 6.45) is 0. The maximum absolute atomic E-state index is 5.55. The fourth-order valence-corrected chi connectivity index (χ4v) is 1.70. The fourth-order valence-electron chi connectivity index (χ4n) is 1.34. The maximum Gasteiger partial charge on any atom is 0.119 e. The van der Waals surface area contributed by atoms with Gasteiger partial charge in [-0.2, -0.15) is 0 Å². The summed E-state index contributed by atoms with van der Waals surface area (Å²) >= 11 is 2.28. The lowest BCUT2D eigenvalue weighted by atomic mass is 10.3. The molecule has 0 heterocycles. The molecule has 0 saturated carbocycles. The first-order valence-electron chi connectivity index (χ1n) is 5.98. The predicted molar refractivity (Wildman–Crippen MR) is 77.4 cm³/mol. The lowest BCUT2D eigenvalue weighted by molar-refractivity contribution is -0.684.